The van der Waals surface area contributed by atoms with Gasteiger partial charge in [-0.1, -0.05) is 26.0 Å². The van der Waals surface area contributed by atoms with Crippen molar-refractivity contribution in [1.82, 2.24) is 0 Å². The number of hydrogen-bond donors (Lipinski definition) is 4. The maximum atomic E-state index is 13.1. The van der Waals surface area contributed by atoms with Crippen LogP contribution in [0, 0.1) is 11.3 Å². The molecule has 1 aromatic heterocycles. The van der Waals surface area contributed by atoms with Crippen LogP contribution in [0.15, 0.2) is 39.6 Å². The fourth-order valence-corrected chi connectivity index (χ4v) is 4.73. The van der Waals surface area contributed by atoms with E-state index in [-0.39, 0.29) is 50.7 Å². The monoisotopic (exact) mass is 396 g/mol. The smallest absolute Gasteiger partial charge is 0.204 e. The Hall–Kier alpha value is -3.15. The minimum absolute atomic E-state index is 0.0326. The van der Waals surface area contributed by atoms with Gasteiger partial charge in [0.2, 0.25) is 11.2 Å². The first-order valence-corrected chi connectivity index (χ1v) is 9.54. The molecular formula is C23H24O6. The molecule has 0 amide bonds. The fraction of sp³-hybridized carbons (Fsp3) is 0.348. The topological polar surface area (TPSA) is 111 Å². The molecule has 0 bridgehead atoms. The highest BCUT2D eigenvalue weighted by molar-refractivity contribution is 5.97. The van der Waals surface area contributed by atoms with E-state index in [0.717, 1.165) is 12.0 Å². The second-order valence-corrected chi connectivity index (χ2v) is 8.80. The lowest BCUT2D eigenvalue weighted by Crippen LogP contribution is -2.16. The van der Waals surface area contributed by atoms with Gasteiger partial charge in [0, 0.05) is 11.6 Å². The molecule has 3 aromatic rings. The van der Waals surface area contributed by atoms with Gasteiger partial charge >= 0.3 is 0 Å². The number of allylic oxidation sites excluding steroid dienone is 1. The van der Waals surface area contributed by atoms with E-state index in [1.54, 1.807) is 0 Å². The normalized spacial score (nSPS) is 21.1. The van der Waals surface area contributed by atoms with Crippen LogP contribution in [-0.2, 0) is 0 Å². The van der Waals surface area contributed by atoms with E-state index in [0.29, 0.717) is 12.0 Å². The lowest BCUT2D eigenvalue weighted by atomic mass is 9.76. The van der Waals surface area contributed by atoms with Crippen molar-refractivity contribution in [2.45, 2.75) is 39.5 Å². The molecule has 0 spiro atoms. The zero-order valence-corrected chi connectivity index (χ0v) is 16.6. The third-order valence-electron chi connectivity index (χ3n) is 6.36. The van der Waals surface area contributed by atoms with Gasteiger partial charge in [-0.05, 0) is 49.1 Å². The summed E-state index contributed by atoms with van der Waals surface area (Å²) < 4.78 is 5.59. The van der Waals surface area contributed by atoms with Gasteiger partial charge < -0.3 is 24.8 Å². The summed E-state index contributed by atoms with van der Waals surface area (Å²) in [6.45, 7) is 10.2. The van der Waals surface area contributed by atoms with E-state index < -0.39 is 16.9 Å². The lowest BCUT2D eigenvalue weighted by molar-refractivity contribution is 0.311. The molecular weight excluding hydrogens is 372 g/mol. The predicted molar refractivity (Wildman–Crippen MR) is 111 cm³/mol. The highest BCUT2D eigenvalue weighted by Gasteiger charge is 2.44. The van der Waals surface area contributed by atoms with Crippen LogP contribution in [0.1, 0.15) is 45.1 Å². The summed E-state index contributed by atoms with van der Waals surface area (Å²) in [6.07, 6.45) is 1.58. The van der Waals surface area contributed by atoms with Gasteiger partial charge in [-0.2, -0.15) is 0 Å². The van der Waals surface area contributed by atoms with Gasteiger partial charge in [0.25, 0.3) is 0 Å². The second-order valence-electron chi connectivity index (χ2n) is 8.80. The third-order valence-corrected chi connectivity index (χ3v) is 6.36. The molecule has 0 saturated heterocycles. The standard InChI is InChI=1S/C23H24O6/c1-10(2)11-7-13(23(3,4)9-11)17-15(25)8-16-18(21(17)28)19(26)12-5-6-14(24)20(27)22(12)29-16/h5-6,8,11,13,24-25,27-28H,1,7,9H2,2-4H3/t11-,13+/m1/s1. The Labute approximate surface area is 167 Å². The first-order valence-electron chi connectivity index (χ1n) is 9.54. The molecule has 0 radical (unpaired) electrons. The first-order chi connectivity index (χ1) is 13.5. The van der Waals surface area contributed by atoms with Crippen LogP contribution in [0.2, 0.25) is 0 Å². The molecule has 29 heavy (non-hydrogen) atoms. The van der Waals surface area contributed by atoms with Gasteiger partial charge in [0.1, 0.15) is 22.5 Å². The molecule has 152 valence electrons. The van der Waals surface area contributed by atoms with Crippen LogP contribution in [0.4, 0.5) is 0 Å². The molecule has 0 aliphatic heterocycles. The molecule has 1 heterocycles. The Morgan fingerprint density at radius 1 is 1.14 bits per heavy atom. The van der Waals surface area contributed by atoms with Crippen LogP contribution in [0.3, 0.4) is 0 Å². The van der Waals surface area contributed by atoms with Crippen molar-refractivity contribution in [2.75, 3.05) is 0 Å². The molecule has 1 aliphatic rings. The van der Waals surface area contributed by atoms with E-state index >= 15 is 0 Å². The van der Waals surface area contributed by atoms with Gasteiger partial charge in [-0.25, -0.2) is 0 Å². The summed E-state index contributed by atoms with van der Waals surface area (Å²) in [4.78, 5) is 13.1. The van der Waals surface area contributed by atoms with E-state index in [1.807, 2.05) is 6.92 Å². The van der Waals surface area contributed by atoms with Crippen molar-refractivity contribution in [3.8, 4) is 23.0 Å². The number of phenols is 4. The Morgan fingerprint density at radius 3 is 2.45 bits per heavy atom. The van der Waals surface area contributed by atoms with Crippen molar-refractivity contribution >= 4 is 21.9 Å². The Morgan fingerprint density at radius 2 is 1.83 bits per heavy atom. The van der Waals surface area contributed by atoms with Gasteiger partial charge in [0.15, 0.2) is 11.3 Å². The number of rotatable bonds is 2. The van der Waals surface area contributed by atoms with Crippen LogP contribution in [-0.4, -0.2) is 20.4 Å². The molecule has 4 N–H and O–H groups in total. The van der Waals surface area contributed by atoms with Crippen molar-refractivity contribution in [3.05, 3.63) is 46.1 Å². The van der Waals surface area contributed by atoms with Crippen LogP contribution in [0.25, 0.3) is 21.9 Å². The molecule has 6 nitrogen and oxygen atoms in total. The zero-order valence-electron chi connectivity index (χ0n) is 16.6. The zero-order chi connectivity index (χ0) is 21.2. The second kappa shape index (κ2) is 6.17. The Bertz CT molecular complexity index is 1230. The molecule has 6 heteroatoms. The van der Waals surface area contributed by atoms with Crippen LogP contribution >= 0.6 is 0 Å². The van der Waals surface area contributed by atoms with Gasteiger partial charge in [0.05, 0.1) is 5.39 Å². The minimum atomic E-state index is -0.564. The Kier molecular flexibility index (Phi) is 4.08. The summed E-state index contributed by atoms with van der Waals surface area (Å²) in [5.74, 6) is -1.37. The van der Waals surface area contributed by atoms with Crippen molar-refractivity contribution in [3.63, 3.8) is 0 Å². The predicted octanol–water partition coefficient (Wildman–Crippen LogP) is 4.86. The van der Waals surface area contributed by atoms with Crippen molar-refractivity contribution < 1.29 is 24.8 Å². The summed E-state index contributed by atoms with van der Waals surface area (Å²) >= 11 is 0. The van der Waals surface area contributed by atoms with E-state index in [1.165, 1.54) is 18.2 Å². The fourth-order valence-electron chi connectivity index (χ4n) is 4.73. The first kappa shape index (κ1) is 19.2. The van der Waals surface area contributed by atoms with E-state index in [2.05, 4.69) is 20.4 Å². The molecule has 2 atom stereocenters. The molecule has 1 saturated carbocycles. The number of benzene rings is 2. The van der Waals surface area contributed by atoms with E-state index in [9.17, 15) is 25.2 Å². The van der Waals surface area contributed by atoms with Gasteiger partial charge in [-0.3, -0.25) is 4.79 Å². The van der Waals surface area contributed by atoms with E-state index in [4.69, 9.17) is 4.42 Å². The number of phenolic OH excluding ortho intramolecular Hbond substituents is 4. The highest BCUT2D eigenvalue weighted by atomic mass is 16.4. The molecule has 1 fully saturated rings. The van der Waals surface area contributed by atoms with Crippen LogP contribution < -0.4 is 5.43 Å². The largest absolute Gasteiger partial charge is 0.507 e. The lowest BCUT2D eigenvalue weighted by Gasteiger charge is -2.28. The Balaban J connectivity index is 2.02. The average Bonchev–Trinajstić information content (AvgIpc) is 2.94. The number of fused-ring (bicyclic) bond motifs is 2. The summed E-state index contributed by atoms with van der Waals surface area (Å²) in [5.41, 5.74) is 0.379. The maximum Gasteiger partial charge on any atom is 0.204 e. The minimum Gasteiger partial charge on any atom is -0.507 e. The van der Waals surface area contributed by atoms with Crippen LogP contribution in [0.5, 0.6) is 23.0 Å². The average molecular weight is 396 g/mol. The molecule has 2 aromatic carbocycles. The third kappa shape index (κ3) is 2.74. The molecule has 4 rings (SSSR count). The SMILES string of the molecule is C=C(C)[C@@H]1C[C@@H](c2c(O)cc3oc4c(O)c(O)ccc4c(=O)c3c2O)C(C)(C)C1. The number of hydrogen-bond acceptors (Lipinski definition) is 6. The van der Waals surface area contributed by atoms with Gasteiger partial charge in [-0.15, -0.1) is 0 Å². The summed E-state index contributed by atoms with van der Waals surface area (Å²) in [6, 6.07) is 3.81. The maximum absolute atomic E-state index is 13.1. The van der Waals surface area contributed by atoms with Crippen molar-refractivity contribution in [2.24, 2.45) is 11.3 Å². The molecule has 1 aliphatic carbocycles. The highest BCUT2D eigenvalue weighted by Crippen LogP contribution is 2.57. The quantitative estimate of drug-likeness (QED) is 0.280. The number of aromatic hydroxyl groups is 4. The van der Waals surface area contributed by atoms with Crippen molar-refractivity contribution in [1.29, 1.82) is 0 Å². The molecule has 0 unspecified atom stereocenters. The summed E-state index contributed by atoms with van der Waals surface area (Å²) in [7, 11) is 0. The summed E-state index contributed by atoms with van der Waals surface area (Å²) in [5, 5.41) is 41.5.